The van der Waals surface area contributed by atoms with E-state index >= 15 is 0 Å². The minimum Gasteiger partial charge on any atom is -0.493 e. The maximum Gasteiger partial charge on any atom is 0.239 e. The number of benzene rings is 1. The smallest absolute Gasteiger partial charge is 0.239 e. The molecule has 3 rings (SSSR count). The fourth-order valence-corrected chi connectivity index (χ4v) is 2.41. The second-order valence-corrected chi connectivity index (χ2v) is 5.05. The van der Waals surface area contributed by atoms with Gasteiger partial charge in [0.15, 0.2) is 5.69 Å². The van der Waals surface area contributed by atoms with Gasteiger partial charge in [-0.2, -0.15) is 5.26 Å². The Balaban J connectivity index is 1.59. The van der Waals surface area contributed by atoms with E-state index in [9.17, 15) is 4.79 Å². The van der Waals surface area contributed by atoms with E-state index in [0.29, 0.717) is 12.4 Å². The zero-order valence-electron chi connectivity index (χ0n) is 12.3. The minimum atomic E-state index is -0.157. The van der Waals surface area contributed by atoms with Crippen molar-refractivity contribution in [2.45, 2.75) is 12.5 Å². The standard InChI is InChI=1S/C16H15N5O2/c17-7-11-8-18-9-15(20-11)19-10-16(22)21-13-5-6-23-14-4-2-1-3-12(13)14/h1-4,8-9,13H,5-6,10H2,(H,19,20)(H,21,22). The molecule has 1 amide bonds. The Morgan fingerprint density at radius 3 is 3.13 bits per heavy atom. The van der Waals surface area contributed by atoms with Crippen molar-refractivity contribution in [3.63, 3.8) is 0 Å². The third kappa shape index (κ3) is 3.55. The van der Waals surface area contributed by atoms with Gasteiger partial charge in [0.25, 0.3) is 0 Å². The lowest BCUT2D eigenvalue weighted by Gasteiger charge is -2.26. The lowest BCUT2D eigenvalue weighted by Crippen LogP contribution is -2.35. The van der Waals surface area contributed by atoms with Crippen LogP contribution in [0.4, 0.5) is 5.82 Å². The molecule has 1 aromatic heterocycles. The van der Waals surface area contributed by atoms with Crippen LogP contribution in [0.2, 0.25) is 0 Å². The molecule has 1 aliphatic rings. The van der Waals surface area contributed by atoms with Crippen LogP contribution in [0.5, 0.6) is 5.75 Å². The fraction of sp³-hybridized carbons (Fsp3) is 0.250. The maximum absolute atomic E-state index is 12.1. The fourth-order valence-electron chi connectivity index (χ4n) is 2.41. The second kappa shape index (κ2) is 6.75. The van der Waals surface area contributed by atoms with Crippen molar-refractivity contribution in [3.8, 4) is 11.8 Å². The zero-order valence-corrected chi connectivity index (χ0v) is 12.3. The number of amides is 1. The molecule has 116 valence electrons. The Hall–Kier alpha value is -3.14. The Kier molecular flexibility index (Phi) is 4.34. The summed E-state index contributed by atoms with van der Waals surface area (Å²) < 4.78 is 5.57. The van der Waals surface area contributed by atoms with Crippen molar-refractivity contribution in [1.29, 1.82) is 5.26 Å². The number of aromatic nitrogens is 2. The van der Waals surface area contributed by atoms with Crippen molar-refractivity contribution in [3.05, 3.63) is 47.9 Å². The van der Waals surface area contributed by atoms with Gasteiger partial charge in [0.1, 0.15) is 17.6 Å². The molecule has 1 aliphatic heterocycles. The van der Waals surface area contributed by atoms with E-state index in [2.05, 4.69) is 20.6 Å². The van der Waals surface area contributed by atoms with Crippen molar-refractivity contribution in [2.75, 3.05) is 18.5 Å². The molecule has 0 saturated carbocycles. The third-order valence-corrected chi connectivity index (χ3v) is 3.47. The Morgan fingerprint density at radius 1 is 1.39 bits per heavy atom. The summed E-state index contributed by atoms with van der Waals surface area (Å²) in [7, 11) is 0. The molecule has 0 spiro atoms. The highest BCUT2D eigenvalue weighted by Crippen LogP contribution is 2.31. The predicted octanol–water partition coefficient (Wildman–Crippen LogP) is 1.40. The largest absolute Gasteiger partial charge is 0.493 e. The second-order valence-electron chi connectivity index (χ2n) is 5.05. The number of carbonyl (C=O) groups excluding carboxylic acids is 1. The monoisotopic (exact) mass is 309 g/mol. The van der Waals surface area contributed by atoms with Crippen LogP contribution < -0.4 is 15.4 Å². The van der Waals surface area contributed by atoms with Gasteiger partial charge in [0, 0.05) is 12.0 Å². The van der Waals surface area contributed by atoms with E-state index < -0.39 is 0 Å². The molecule has 7 heteroatoms. The first-order valence-electron chi connectivity index (χ1n) is 7.23. The number of hydrogen-bond donors (Lipinski definition) is 2. The summed E-state index contributed by atoms with van der Waals surface area (Å²) in [5.74, 6) is 1.05. The molecular weight excluding hydrogens is 294 g/mol. The van der Waals surface area contributed by atoms with Crippen LogP contribution in [0.25, 0.3) is 0 Å². The normalized spacial score (nSPS) is 15.7. The average Bonchev–Trinajstić information content (AvgIpc) is 2.60. The quantitative estimate of drug-likeness (QED) is 0.885. The molecule has 0 saturated heterocycles. The number of anilines is 1. The highest BCUT2D eigenvalue weighted by molar-refractivity contribution is 5.81. The van der Waals surface area contributed by atoms with Gasteiger partial charge in [-0.1, -0.05) is 18.2 Å². The molecule has 2 N–H and O–H groups in total. The summed E-state index contributed by atoms with van der Waals surface area (Å²) >= 11 is 0. The molecule has 2 heterocycles. The summed E-state index contributed by atoms with van der Waals surface area (Å²) in [5, 5.41) is 14.6. The number of nitrogens with one attached hydrogen (secondary N) is 2. The third-order valence-electron chi connectivity index (χ3n) is 3.47. The van der Waals surface area contributed by atoms with Crippen LogP contribution in [-0.2, 0) is 4.79 Å². The molecular formula is C16H15N5O2. The molecule has 1 unspecified atom stereocenters. The highest BCUT2D eigenvalue weighted by Gasteiger charge is 2.22. The SMILES string of the molecule is N#Cc1cncc(NCC(=O)NC2CCOc3ccccc32)n1. The summed E-state index contributed by atoms with van der Waals surface area (Å²) in [5.41, 5.74) is 1.19. The zero-order chi connectivity index (χ0) is 16.1. The Bertz CT molecular complexity index is 756. The molecule has 2 aromatic rings. The summed E-state index contributed by atoms with van der Waals surface area (Å²) in [4.78, 5) is 20.0. The first kappa shape index (κ1) is 14.8. The number of fused-ring (bicyclic) bond motifs is 1. The summed E-state index contributed by atoms with van der Waals surface area (Å²) in [6.45, 7) is 0.633. The minimum absolute atomic E-state index is 0.0586. The molecule has 1 atom stereocenters. The van der Waals surface area contributed by atoms with Crippen molar-refractivity contribution in [2.24, 2.45) is 0 Å². The first-order chi connectivity index (χ1) is 11.3. The van der Waals surface area contributed by atoms with Crippen LogP contribution in [0.1, 0.15) is 23.7 Å². The lowest BCUT2D eigenvalue weighted by molar-refractivity contribution is -0.120. The van der Waals surface area contributed by atoms with Gasteiger partial charge in [-0.05, 0) is 6.07 Å². The van der Waals surface area contributed by atoms with E-state index in [1.807, 2.05) is 30.3 Å². The van der Waals surface area contributed by atoms with Gasteiger partial charge in [0.05, 0.1) is 31.6 Å². The van der Waals surface area contributed by atoms with E-state index in [1.165, 1.54) is 12.4 Å². The molecule has 0 fully saturated rings. The van der Waals surface area contributed by atoms with Crippen LogP contribution in [0.15, 0.2) is 36.7 Å². The number of nitriles is 1. The first-order valence-corrected chi connectivity index (χ1v) is 7.23. The number of hydrogen-bond acceptors (Lipinski definition) is 6. The maximum atomic E-state index is 12.1. The van der Waals surface area contributed by atoms with Gasteiger partial charge in [-0.15, -0.1) is 0 Å². The van der Waals surface area contributed by atoms with Crippen molar-refractivity contribution in [1.82, 2.24) is 15.3 Å². The molecule has 0 bridgehead atoms. The van der Waals surface area contributed by atoms with Gasteiger partial charge >= 0.3 is 0 Å². The number of nitrogens with zero attached hydrogens (tertiary/aromatic N) is 3. The molecule has 0 aliphatic carbocycles. The highest BCUT2D eigenvalue weighted by atomic mass is 16.5. The summed E-state index contributed by atoms with van der Waals surface area (Å²) in [6, 6.07) is 9.52. The number of rotatable bonds is 4. The predicted molar refractivity (Wildman–Crippen MR) is 82.7 cm³/mol. The van der Waals surface area contributed by atoms with Crippen LogP contribution in [-0.4, -0.2) is 29.0 Å². The van der Waals surface area contributed by atoms with E-state index in [0.717, 1.165) is 17.7 Å². The number of para-hydroxylation sites is 1. The molecule has 23 heavy (non-hydrogen) atoms. The van der Waals surface area contributed by atoms with Crippen LogP contribution in [0, 0.1) is 11.3 Å². The van der Waals surface area contributed by atoms with Gasteiger partial charge in [0.2, 0.25) is 5.91 Å². The number of carbonyl (C=O) groups is 1. The van der Waals surface area contributed by atoms with E-state index in [1.54, 1.807) is 0 Å². The van der Waals surface area contributed by atoms with Crippen LogP contribution in [0.3, 0.4) is 0 Å². The van der Waals surface area contributed by atoms with Gasteiger partial charge < -0.3 is 15.4 Å². The molecule has 0 radical (unpaired) electrons. The van der Waals surface area contributed by atoms with Gasteiger partial charge in [-0.25, -0.2) is 4.98 Å². The summed E-state index contributed by atoms with van der Waals surface area (Å²) in [6.07, 6.45) is 3.56. The average molecular weight is 309 g/mol. The Morgan fingerprint density at radius 2 is 2.26 bits per heavy atom. The van der Waals surface area contributed by atoms with E-state index in [-0.39, 0.29) is 24.2 Å². The van der Waals surface area contributed by atoms with E-state index in [4.69, 9.17) is 10.00 Å². The Labute approximate surface area is 133 Å². The molecule has 7 nitrogen and oxygen atoms in total. The number of ether oxygens (including phenoxy) is 1. The van der Waals surface area contributed by atoms with Crippen molar-refractivity contribution >= 4 is 11.7 Å². The van der Waals surface area contributed by atoms with Crippen molar-refractivity contribution < 1.29 is 9.53 Å². The molecule has 1 aromatic carbocycles. The van der Waals surface area contributed by atoms with Gasteiger partial charge in [-0.3, -0.25) is 9.78 Å². The lowest BCUT2D eigenvalue weighted by atomic mass is 10.0. The topological polar surface area (TPSA) is 99.9 Å². The van der Waals surface area contributed by atoms with Crippen LogP contribution >= 0.6 is 0 Å².